The van der Waals surface area contributed by atoms with Gasteiger partial charge in [0.05, 0.1) is 5.41 Å². The maximum Gasteiger partial charge on any atom is 0.233 e. The number of amides is 1. The lowest BCUT2D eigenvalue weighted by Crippen LogP contribution is -2.50. The molecule has 1 aromatic rings. The number of rotatable bonds is 2. The Morgan fingerprint density at radius 2 is 2.15 bits per heavy atom. The van der Waals surface area contributed by atoms with Gasteiger partial charge in [-0.3, -0.25) is 4.79 Å². The van der Waals surface area contributed by atoms with E-state index in [-0.39, 0.29) is 30.2 Å². The van der Waals surface area contributed by atoms with Crippen LogP contribution in [-0.2, 0) is 10.2 Å². The van der Waals surface area contributed by atoms with E-state index >= 15 is 0 Å². The first kappa shape index (κ1) is 15.3. The normalized spacial score (nSPS) is 23.9. The number of benzene rings is 1. The van der Waals surface area contributed by atoms with E-state index in [1.807, 2.05) is 11.0 Å². The van der Waals surface area contributed by atoms with E-state index in [4.69, 9.17) is 5.73 Å². The van der Waals surface area contributed by atoms with Gasteiger partial charge in [0.25, 0.3) is 0 Å². The lowest BCUT2D eigenvalue weighted by molar-refractivity contribution is -0.139. The molecule has 1 saturated heterocycles. The van der Waals surface area contributed by atoms with Gasteiger partial charge in [-0.2, -0.15) is 0 Å². The van der Waals surface area contributed by atoms with Crippen LogP contribution < -0.4 is 5.73 Å². The van der Waals surface area contributed by atoms with E-state index in [0.29, 0.717) is 6.54 Å². The molecule has 1 heterocycles. The smallest absolute Gasteiger partial charge is 0.233 e. The summed E-state index contributed by atoms with van der Waals surface area (Å²) in [5, 5.41) is 0. The van der Waals surface area contributed by atoms with Crippen molar-refractivity contribution in [3.05, 3.63) is 35.6 Å². The number of hydrogen-bond acceptors (Lipinski definition) is 2. The van der Waals surface area contributed by atoms with E-state index in [9.17, 15) is 9.18 Å². The van der Waals surface area contributed by atoms with E-state index < -0.39 is 5.41 Å². The maximum absolute atomic E-state index is 13.4. The molecule has 1 aliphatic heterocycles. The second-order valence-corrected chi connectivity index (χ2v) is 5.75. The number of likely N-dealkylation sites (tertiary alicyclic amines) is 1. The first-order valence-electron chi connectivity index (χ1n) is 6.93. The number of halogens is 2. The van der Waals surface area contributed by atoms with Crippen LogP contribution >= 0.6 is 12.4 Å². The van der Waals surface area contributed by atoms with Gasteiger partial charge in [0.15, 0.2) is 0 Å². The van der Waals surface area contributed by atoms with E-state index in [0.717, 1.165) is 37.8 Å². The fourth-order valence-corrected chi connectivity index (χ4v) is 3.22. The quantitative estimate of drug-likeness (QED) is 0.910. The first-order chi connectivity index (χ1) is 9.12. The monoisotopic (exact) mass is 298 g/mol. The summed E-state index contributed by atoms with van der Waals surface area (Å²) in [6.45, 7) is 1.37. The zero-order valence-electron chi connectivity index (χ0n) is 11.3. The first-order valence-corrected chi connectivity index (χ1v) is 6.93. The predicted molar refractivity (Wildman–Crippen MR) is 78.3 cm³/mol. The summed E-state index contributed by atoms with van der Waals surface area (Å²) in [7, 11) is 0. The van der Waals surface area contributed by atoms with E-state index in [1.165, 1.54) is 12.1 Å². The highest BCUT2D eigenvalue weighted by molar-refractivity contribution is 5.89. The molecule has 0 spiro atoms. The van der Waals surface area contributed by atoms with Crippen molar-refractivity contribution in [1.82, 2.24) is 4.90 Å². The maximum atomic E-state index is 13.4. The summed E-state index contributed by atoms with van der Waals surface area (Å²) in [5.74, 6) is -0.132. The molecule has 1 saturated carbocycles. The van der Waals surface area contributed by atoms with Gasteiger partial charge in [-0.1, -0.05) is 18.6 Å². The summed E-state index contributed by atoms with van der Waals surface area (Å²) in [5.41, 5.74) is 6.20. The molecule has 1 aliphatic carbocycles. The number of nitrogens with two attached hydrogens (primary N) is 1. The van der Waals surface area contributed by atoms with Crippen molar-refractivity contribution < 1.29 is 9.18 Å². The topological polar surface area (TPSA) is 46.3 Å². The van der Waals surface area contributed by atoms with Crippen LogP contribution in [-0.4, -0.2) is 29.9 Å². The molecule has 5 heteroatoms. The van der Waals surface area contributed by atoms with Crippen molar-refractivity contribution >= 4 is 18.3 Å². The summed E-state index contributed by atoms with van der Waals surface area (Å²) in [6.07, 6.45) is 3.54. The molecule has 1 atom stereocenters. The van der Waals surface area contributed by atoms with Gasteiger partial charge >= 0.3 is 0 Å². The van der Waals surface area contributed by atoms with Crippen molar-refractivity contribution in [2.75, 3.05) is 13.1 Å². The zero-order chi connectivity index (χ0) is 13.5. The Hall–Kier alpha value is -1.13. The lowest BCUT2D eigenvalue weighted by atomic mass is 9.63. The Morgan fingerprint density at radius 1 is 1.40 bits per heavy atom. The Kier molecular flexibility index (Phi) is 4.35. The summed E-state index contributed by atoms with van der Waals surface area (Å²) >= 11 is 0. The van der Waals surface area contributed by atoms with Crippen molar-refractivity contribution in [2.24, 2.45) is 5.73 Å². The molecule has 0 bridgehead atoms. The van der Waals surface area contributed by atoms with Gasteiger partial charge in [-0.15, -0.1) is 12.4 Å². The van der Waals surface area contributed by atoms with Gasteiger partial charge in [0, 0.05) is 19.1 Å². The highest BCUT2D eigenvalue weighted by Gasteiger charge is 2.48. The number of nitrogens with zero attached hydrogens (tertiary/aromatic N) is 1. The van der Waals surface area contributed by atoms with Crippen LogP contribution in [0.1, 0.15) is 31.2 Å². The number of carbonyl (C=O) groups excluding carboxylic acids is 1. The summed E-state index contributed by atoms with van der Waals surface area (Å²) in [6, 6.07) is 6.58. The molecule has 0 radical (unpaired) electrons. The Balaban J connectivity index is 0.00000147. The van der Waals surface area contributed by atoms with Crippen LogP contribution in [0.3, 0.4) is 0 Å². The zero-order valence-corrected chi connectivity index (χ0v) is 12.2. The van der Waals surface area contributed by atoms with Crippen LogP contribution in [0.15, 0.2) is 24.3 Å². The number of hydrogen-bond donors (Lipinski definition) is 1. The van der Waals surface area contributed by atoms with Gasteiger partial charge in [0.2, 0.25) is 5.91 Å². The molecular weight excluding hydrogens is 279 g/mol. The highest BCUT2D eigenvalue weighted by Crippen LogP contribution is 2.45. The molecule has 1 amide bonds. The Morgan fingerprint density at radius 3 is 2.65 bits per heavy atom. The SMILES string of the molecule is Cl.N[C@@H]1CCN(C(=O)C2(c3cccc(F)c3)CCC2)C1. The average molecular weight is 299 g/mol. The molecule has 0 aromatic heterocycles. The molecule has 1 aromatic carbocycles. The Labute approximate surface area is 124 Å². The molecule has 3 rings (SSSR count). The average Bonchev–Trinajstić information content (AvgIpc) is 2.74. The third-order valence-corrected chi connectivity index (χ3v) is 4.51. The van der Waals surface area contributed by atoms with E-state index in [2.05, 4.69) is 0 Å². The molecule has 20 heavy (non-hydrogen) atoms. The third kappa shape index (κ3) is 2.42. The lowest BCUT2D eigenvalue weighted by Gasteiger charge is -2.43. The summed E-state index contributed by atoms with van der Waals surface area (Å²) < 4.78 is 13.4. The van der Waals surface area contributed by atoms with Crippen molar-refractivity contribution in [3.8, 4) is 0 Å². The van der Waals surface area contributed by atoms with Crippen LogP contribution in [0.2, 0.25) is 0 Å². The fraction of sp³-hybridized carbons (Fsp3) is 0.533. The van der Waals surface area contributed by atoms with Gasteiger partial charge in [-0.25, -0.2) is 4.39 Å². The molecule has 0 unspecified atom stereocenters. The second kappa shape index (κ2) is 5.70. The van der Waals surface area contributed by atoms with Crippen molar-refractivity contribution in [2.45, 2.75) is 37.1 Å². The van der Waals surface area contributed by atoms with Crippen molar-refractivity contribution in [1.29, 1.82) is 0 Å². The number of carbonyl (C=O) groups is 1. The van der Waals surface area contributed by atoms with Gasteiger partial charge in [-0.05, 0) is 37.0 Å². The largest absolute Gasteiger partial charge is 0.340 e. The van der Waals surface area contributed by atoms with Crippen LogP contribution in [0.25, 0.3) is 0 Å². The molecule has 2 aliphatic rings. The Bertz CT molecular complexity index is 504. The van der Waals surface area contributed by atoms with Crippen LogP contribution in [0, 0.1) is 5.82 Å². The van der Waals surface area contributed by atoms with Gasteiger partial charge < -0.3 is 10.6 Å². The minimum Gasteiger partial charge on any atom is -0.340 e. The minimum absolute atomic E-state index is 0. The molecular formula is C15H20ClFN2O. The molecule has 110 valence electrons. The van der Waals surface area contributed by atoms with Crippen LogP contribution in [0.4, 0.5) is 4.39 Å². The third-order valence-electron chi connectivity index (χ3n) is 4.51. The molecule has 3 nitrogen and oxygen atoms in total. The van der Waals surface area contributed by atoms with Gasteiger partial charge in [0.1, 0.15) is 5.82 Å². The van der Waals surface area contributed by atoms with E-state index in [1.54, 1.807) is 6.07 Å². The predicted octanol–water partition coefficient (Wildman–Crippen LogP) is 2.23. The van der Waals surface area contributed by atoms with Crippen LogP contribution in [0.5, 0.6) is 0 Å². The fourth-order valence-electron chi connectivity index (χ4n) is 3.22. The minimum atomic E-state index is -0.494. The molecule has 2 N–H and O–H groups in total. The molecule has 2 fully saturated rings. The standard InChI is InChI=1S/C15H19FN2O.ClH/c16-12-4-1-3-11(9-12)15(6-2-7-15)14(19)18-8-5-13(17)10-18;/h1,3-4,9,13H,2,5-8,10,17H2;1H/t13-;/m1./s1. The highest BCUT2D eigenvalue weighted by atomic mass is 35.5. The second-order valence-electron chi connectivity index (χ2n) is 5.75. The summed E-state index contributed by atoms with van der Waals surface area (Å²) in [4.78, 5) is 14.6. The van der Waals surface area contributed by atoms with Crippen molar-refractivity contribution in [3.63, 3.8) is 0 Å².